The highest BCUT2D eigenvalue weighted by molar-refractivity contribution is 9.10. The zero-order valence-corrected chi connectivity index (χ0v) is 13.2. The predicted molar refractivity (Wildman–Crippen MR) is 85.5 cm³/mol. The fourth-order valence-corrected chi connectivity index (χ4v) is 2.09. The lowest BCUT2D eigenvalue weighted by Gasteiger charge is -2.06. The number of carbonyl (C=O) groups is 1. The van der Waals surface area contributed by atoms with Crippen LogP contribution >= 0.6 is 15.9 Å². The summed E-state index contributed by atoms with van der Waals surface area (Å²) in [6.07, 6.45) is 1.39. The van der Waals surface area contributed by atoms with Gasteiger partial charge in [0.15, 0.2) is 11.5 Å². The Balaban J connectivity index is 2.08. The number of hydrogen-bond acceptors (Lipinski definition) is 5. The van der Waals surface area contributed by atoms with Crippen LogP contribution in [-0.4, -0.2) is 29.4 Å². The minimum Gasteiger partial charge on any atom is -0.508 e. The zero-order valence-electron chi connectivity index (χ0n) is 11.6. The lowest BCUT2D eigenvalue weighted by Crippen LogP contribution is -2.17. The van der Waals surface area contributed by atoms with Crippen molar-refractivity contribution in [2.24, 2.45) is 5.10 Å². The average Bonchev–Trinajstić information content (AvgIpc) is 2.52. The highest BCUT2D eigenvalue weighted by atomic mass is 79.9. The highest BCUT2D eigenvalue weighted by Gasteiger charge is 2.09. The van der Waals surface area contributed by atoms with Crippen molar-refractivity contribution in [3.8, 4) is 17.2 Å². The van der Waals surface area contributed by atoms with Gasteiger partial charge >= 0.3 is 0 Å². The van der Waals surface area contributed by atoms with Gasteiger partial charge < -0.3 is 14.9 Å². The van der Waals surface area contributed by atoms with Crippen LogP contribution in [0.25, 0.3) is 0 Å². The number of phenolic OH excluding ortho intramolecular Hbond substituents is 2. The summed E-state index contributed by atoms with van der Waals surface area (Å²) in [5.41, 5.74) is 3.30. The number of amides is 1. The molecule has 2 aromatic rings. The number of phenols is 2. The van der Waals surface area contributed by atoms with E-state index in [0.717, 1.165) is 0 Å². The molecule has 2 rings (SSSR count). The Bertz CT molecular complexity index is 714. The monoisotopic (exact) mass is 364 g/mol. The molecular weight excluding hydrogens is 352 g/mol. The van der Waals surface area contributed by atoms with Gasteiger partial charge in [0.1, 0.15) is 5.75 Å². The molecule has 0 aliphatic rings. The number of benzene rings is 2. The number of rotatable bonds is 4. The van der Waals surface area contributed by atoms with Gasteiger partial charge in [0.2, 0.25) is 0 Å². The summed E-state index contributed by atoms with van der Waals surface area (Å²) >= 11 is 3.23. The van der Waals surface area contributed by atoms with Crippen LogP contribution in [0.2, 0.25) is 0 Å². The maximum absolute atomic E-state index is 11.8. The Labute approximate surface area is 135 Å². The number of methoxy groups -OCH3 is 1. The van der Waals surface area contributed by atoms with E-state index in [1.807, 2.05) is 0 Å². The molecular formula is C15H13BrN2O4. The van der Waals surface area contributed by atoms with Gasteiger partial charge in [-0.1, -0.05) is 0 Å². The van der Waals surface area contributed by atoms with Crippen molar-refractivity contribution in [1.82, 2.24) is 5.43 Å². The Morgan fingerprint density at radius 1 is 1.23 bits per heavy atom. The Morgan fingerprint density at radius 2 is 1.91 bits per heavy atom. The molecule has 0 atom stereocenters. The first-order valence-electron chi connectivity index (χ1n) is 6.21. The zero-order chi connectivity index (χ0) is 16.1. The van der Waals surface area contributed by atoms with Gasteiger partial charge in [0, 0.05) is 11.1 Å². The van der Waals surface area contributed by atoms with E-state index in [4.69, 9.17) is 9.84 Å². The van der Waals surface area contributed by atoms with Crippen LogP contribution in [-0.2, 0) is 0 Å². The van der Waals surface area contributed by atoms with E-state index in [9.17, 15) is 9.90 Å². The van der Waals surface area contributed by atoms with Gasteiger partial charge in [-0.3, -0.25) is 4.79 Å². The molecule has 0 fully saturated rings. The molecule has 3 N–H and O–H groups in total. The van der Waals surface area contributed by atoms with Crippen molar-refractivity contribution >= 4 is 28.1 Å². The highest BCUT2D eigenvalue weighted by Crippen LogP contribution is 2.35. The summed E-state index contributed by atoms with van der Waals surface area (Å²) in [4.78, 5) is 11.8. The van der Waals surface area contributed by atoms with E-state index in [0.29, 0.717) is 21.3 Å². The van der Waals surface area contributed by atoms with E-state index >= 15 is 0 Å². The maximum atomic E-state index is 11.8. The second-order valence-electron chi connectivity index (χ2n) is 4.27. The lowest BCUT2D eigenvalue weighted by molar-refractivity contribution is 0.0955. The van der Waals surface area contributed by atoms with Crippen molar-refractivity contribution in [2.45, 2.75) is 0 Å². The number of hydrogen-bond donors (Lipinski definition) is 3. The molecule has 0 aromatic heterocycles. The molecule has 0 aliphatic carbocycles. The van der Waals surface area contributed by atoms with Crippen molar-refractivity contribution in [1.29, 1.82) is 0 Å². The normalized spacial score (nSPS) is 10.6. The van der Waals surface area contributed by atoms with Gasteiger partial charge in [0.05, 0.1) is 17.8 Å². The summed E-state index contributed by atoms with van der Waals surface area (Å²) < 4.78 is 5.39. The van der Waals surface area contributed by atoms with Crippen LogP contribution in [0.4, 0.5) is 0 Å². The molecule has 6 nitrogen and oxygen atoms in total. The number of carbonyl (C=O) groups excluding carboxylic acids is 1. The Hall–Kier alpha value is -2.54. The molecule has 0 spiro atoms. The molecule has 2 aromatic carbocycles. The van der Waals surface area contributed by atoms with Crippen LogP contribution in [0.1, 0.15) is 15.9 Å². The third-order valence-corrected chi connectivity index (χ3v) is 3.66. The van der Waals surface area contributed by atoms with Crippen LogP contribution < -0.4 is 10.2 Å². The van der Waals surface area contributed by atoms with Crippen LogP contribution in [0.5, 0.6) is 17.2 Å². The van der Waals surface area contributed by atoms with Crippen molar-refractivity contribution in [2.75, 3.05) is 7.11 Å². The summed E-state index contributed by atoms with van der Waals surface area (Å²) in [6, 6.07) is 9.06. The molecule has 0 saturated heterocycles. The summed E-state index contributed by atoms with van der Waals surface area (Å²) in [6.45, 7) is 0. The standard InChI is InChI=1S/C15H13BrN2O4/c1-22-12-7-4-10(13(16)14(12)20)8-17-18-15(21)9-2-5-11(19)6-3-9/h2-8,19-20H,1H3,(H,18,21)/b17-8-. The Kier molecular flexibility index (Phi) is 5.00. The first-order valence-corrected chi connectivity index (χ1v) is 7.00. The summed E-state index contributed by atoms with van der Waals surface area (Å²) in [5.74, 6) is -0.0451. The van der Waals surface area contributed by atoms with E-state index in [2.05, 4.69) is 26.5 Å². The molecule has 0 radical (unpaired) electrons. The van der Waals surface area contributed by atoms with Gasteiger partial charge in [-0.2, -0.15) is 5.10 Å². The van der Waals surface area contributed by atoms with Gasteiger partial charge in [-0.25, -0.2) is 5.43 Å². The van der Waals surface area contributed by atoms with Crippen molar-refractivity contribution < 1.29 is 19.7 Å². The summed E-state index contributed by atoms with van der Waals surface area (Å²) in [5, 5.41) is 22.8. The minimum atomic E-state index is -0.412. The van der Waals surface area contributed by atoms with E-state index < -0.39 is 5.91 Å². The van der Waals surface area contributed by atoms with E-state index in [1.165, 1.54) is 37.6 Å². The molecule has 0 aliphatic heterocycles. The van der Waals surface area contributed by atoms with Crippen LogP contribution in [0, 0.1) is 0 Å². The quantitative estimate of drug-likeness (QED) is 0.574. The molecule has 0 heterocycles. The van der Waals surface area contributed by atoms with E-state index in [-0.39, 0.29) is 11.5 Å². The van der Waals surface area contributed by atoms with Gasteiger partial charge in [-0.15, -0.1) is 0 Å². The molecule has 22 heavy (non-hydrogen) atoms. The average molecular weight is 365 g/mol. The number of nitrogens with zero attached hydrogens (tertiary/aromatic N) is 1. The maximum Gasteiger partial charge on any atom is 0.271 e. The van der Waals surface area contributed by atoms with Crippen LogP contribution in [0.15, 0.2) is 46.0 Å². The number of aromatic hydroxyl groups is 2. The molecule has 1 amide bonds. The SMILES string of the molecule is COc1ccc(/C=N\NC(=O)c2ccc(O)cc2)c(Br)c1O. The third-order valence-electron chi connectivity index (χ3n) is 2.83. The summed E-state index contributed by atoms with van der Waals surface area (Å²) in [7, 11) is 1.45. The van der Waals surface area contributed by atoms with Gasteiger partial charge in [0.25, 0.3) is 5.91 Å². The smallest absolute Gasteiger partial charge is 0.271 e. The van der Waals surface area contributed by atoms with Crippen molar-refractivity contribution in [3.63, 3.8) is 0 Å². The number of halogens is 1. The molecule has 0 unspecified atom stereocenters. The molecule has 7 heteroatoms. The number of ether oxygens (including phenoxy) is 1. The second kappa shape index (κ2) is 6.95. The van der Waals surface area contributed by atoms with Crippen molar-refractivity contribution in [3.05, 3.63) is 52.0 Å². The second-order valence-corrected chi connectivity index (χ2v) is 5.06. The molecule has 114 valence electrons. The van der Waals surface area contributed by atoms with Crippen LogP contribution in [0.3, 0.4) is 0 Å². The first kappa shape index (κ1) is 15.8. The minimum absolute atomic E-state index is 0.0451. The third kappa shape index (κ3) is 3.56. The fourth-order valence-electron chi connectivity index (χ4n) is 1.66. The number of hydrazone groups is 1. The number of nitrogens with one attached hydrogen (secondary N) is 1. The topological polar surface area (TPSA) is 91.2 Å². The lowest BCUT2D eigenvalue weighted by atomic mass is 10.2. The molecule has 0 bridgehead atoms. The van der Waals surface area contributed by atoms with E-state index in [1.54, 1.807) is 12.1 Å². The Morgan fingerprint density at radius 3 is 2.55 bits per heavy atom. The first-order chi connectivity index (χ1) is 10.5. The molecule has 0 saturated carbocycles. The van der Waals surface area contributed by atoms with Gasteiger partial charge in [-0.05, 0) is 52.3 Å². The predicted octanol–water partition coefficient (Wildman–Crippen LogP) is 2.63. The fraction of sp³-hybridized carbons (Fsp3) is 0.0667. The largest absolute Gasteiger partial charge is 0.508 e.